The van der Waals surface area contributed by atoms with Gasteiger partial charge in [0.15, 0.2) is 5.82 Å². The third-order valence-corrected chi connectivity index (χ3v) is 4.24. The van der Waals surface area contributed by atoms with Crippen LogP contribution in [0.25, 0.3) is 11.5 Å². The van der Waals surface area contributed by atoms with Gasteiger partial charge in [-0.05, 0) is 25.0 Å². The molecule has 106 valence electrons. The number of rotatable bonds is 2. The van der Waals surface area contributed by atoms with E-state index in [1.54, 1.807) is 12.1 Å². The lowest BCUT2D eigenvalue weighted by atomic mass is 10.00. The molecule has 0 amide bonds. The minimum Gasteiger partial charge on any atom is -0.398 e. The maximum absolute atomic E-state index is 6.18. The lowest BCUT2D eigenvalue weighted by molar-refractivity contribution is 0.410. The number of anilines is 1. The molecule has 20 heavy (non-hydrogen) atoms. The lowest BCUT2D eigenvalue weighted by Gasteiger charge is -2.07. The van der Waals surface area contributed by atoms with E-state index in [4.69, 9.17) is 21.9 Å². The van der Waals surface area contributed by atoms with Gasteiger partial charge in [-0.2, -0.15) is 4.98 Å². The first-order valence-corrected chi connectivity index (χ1v) is 7.51. The topological polar surface area (TPSA) is 64.9 Å². The van der Waals surface area contributed by atoms with Crippen molar-refractivity contribution in [2.75, 3.05) is 5.73 Å². The van der Waals surface area contributed by atoms with Crippen molar-refractivity contribution in [1.82, 2.24) is 10.1 Å². The van der Waals surface area contributed by atoms with Crippen LogP contribution in [-0.2, 0) is 0 Å². The van der Waals surface area contributed by atoms with Crippen LogP contribution in [-0.4, -0.2) is 10.1 Å². The van der Waals surface area contributed by atoms with Gasteiger partial charge in [0.1, 0.15) is 0 Å². The molecule has 0 aliphatic heterocycles. The molecule has 0 radical (unpaired) electrons. The quantitative estimate of drug-likeness (QED) is 0.657. The molecule has 1 saturated carbocycles. The maximum Gasteiger partial charge on any atom is 0.261 e. The van der Waals surface area contributed by atoms with E-state index in [1.807, 2.05) is 6.07 Å². The van der Waals surface area contributed by atoms with Crippen molar-refractivity contribution in [3.8, 4) is 11.5 Å². The summed E-state index contributed by atoms with van der Waals surface area (Å²) in [5.41, 5.74) is 7.16. The van der Waals surface area contributed by atoms with Crippen LogP contribution < -0.4 is 5.73 Å². The summed E-state index contributed by atoms with van der Waals surface area (Å²) >= 11 is 6.18. The Balaban J connectivity index is 1.90. The minimum absolute atomic E-state index is 0.402. The van der Waals surface area contributed by atoms with Crippen LogP contribution in [0.5, 0.6) is 0 Å². The summed E-state index contributed by atoms with van der Waals surface area (Å²) in [5, 5.41) is 4.68. The van der Waals surface area contributed by atoms with Gasteiger partial charge in [0.25, 0.3) is 5.89 Å². The number of halogens is 1. The van der Waals surface area contributed by atoms with Crippen LogP contribution in [0.3, 0.4) is 0 Å². The van der Waals surface area contributed by atoms with Gasteiger partial charge in [0.2, 0.25) is 0 Å². The Morgan fingerprint density at radius 3 is 2.60 bits per heavy atom. The SMILES string of the molecule is Nc1cccc(Cl)c1-c1nc(C2CCCCCC2)no1. The second kappa shape index (κ2) is 5.83. The number of nitrogen functional groups attached to an aromatic ring is 1. The van der Waals surface area contributed by atoms with E-state index in [-0.39, 0.29) is 0 Å². The fourth-order valence-corrected chi connectivity index (χ4v) is 3.07. The summed E-state index contributed by atoms with van der Waals surface area (Å²) in [5.74, 6) is 1.62. The van der Waals surface area contributed by atoms with Crippen LogP contribution in [0.4, 0.5) is 5.69 Å². The highest BCUT2D eigenvalue weighted by atomic mass is 35.5. The minimum atomic E-state index is 0.402. The fourth-order valence-electron chi connectivity index (χ4n) is 2.81. The van der Waals surface area contributed by atoms with E-state index in [0.717, 1.165) is 18.7 Å². The normalized spacial score (nSPS) is 17.1. The highest BCUT2D eigenvalue weighted by molar-refractivity contribution is 6.33. The molecule has 1 aromatic heterocycles. The molecule has 0 saturated heterocycles. The summed E-state index contributed by atoms with van der Waals surface area (Å²) in [6, 6.07) is 5.38. The number of nitrogens with zero attached hydrogens (tertiary/aromatic N) is 2. The Kier molecular flexibility index (Phi) is 3.92. The molecule has 3 rings (SSSR count). The lowest BCUT2D eigenvalue weighted by Crippen LogP contribution is -1.99. The number of benzene rings is 1. The van der Waals surface area contributed by atoms with E-state index in [1.165, 1.54) is 25.7 Å². The number of nitrogens with two attached hydrogens (primary N) is 1. The third-order valence-electron chi connectivity index (χ3n) is 3.92. The Labute approximate surface area is 123 Å². The van der Waals surface area contributed by atoms with Crippen molar-refractivity contribution in [3.05, 3.63) is 29.0 Å². The molecule has 1 fully saturated rings. The molecule has 5 heteroatoms. The molecule has 4 nitrogen and oxygen atoms in total. The van der Waals surface area contributed by atoms with E-state index in [0.29, 0.717) is 28.1 Å². The summed E-state index contributed by atoms with van der Waals surface area (Å²) in [4.78, 5) is 4.53. The molecule has 1 aromatic carbocycles. The highest BCUT2D eigenvalue weighted by Gasteiger charge is 2.22. The monoisotopic (exact) mass is 291 g/mol. The zero-order valence-electron chi connectivity index (χ0n) is 11.3. The van der Waals surface area contributed by atoms with Gasteiger partial charge in [0, 0.05) is 11.6 Å². The van der Waals surface area contributed by atoms with E-state index in [2.05, 4.69) is 10.1 Å². The van der Waals surface area contributed by atoms with Gasteiger partial charge in [-0.15, -0.1) is 0 Å². The second-order valence-corrected chi connectivity index (χ2v) is 5.76. The molecule has 1 heterocycles. The van der Waals surface area contributed by atoms with Crippen LogP contribution in [0, 0.1) is 0 Å². The van der Waals surface area contributed by atoms with Gasteiger partial charge in [-0.25, -0.2) is 0 Å². The van der Waals surface area contributed by atoms with Gasteiger partial charge >= 0.3 is 0 Å². The van der Waals surface area contributed by atoms with Crippen molar-refractivity contribution in [2.24, 2.45) is 0 Å². The standard InChI is InChI=1S/C15H18ClN3O/c16-11-8-5-9-12(17)13(11)15-18-14(19-20-15)10-6-3-1-2-4-7-10/h5,8-10H,1-4,6-7,17H2. The molecule has 1 aliphatic rings. The Hall–Kier alpha value is -1.55. The molecule has 1 aliphatic carbocycles. The maximum atomic E-state index is 6.18. The number of hydrogen-bond donors (Lipinski definition) is 1. The first kappa shape index (κ1) is 13.4. The summed E-state index contributed by atoms with van der Waals surface area (Å²) in [7, 11) is 0. The second-order valence-electron chi connectivity index (χ2n) is 5.35. The smallest absolute Gasteiger partial charge is 0.261 e. The molecule has 0 atom stereocenters. The molecule has 2 N–H and O–H groups in total. The van der Waals surface area contributed by atoms with Crippen molar-refractivity contribution in [2.45, 2.75) is 44.4 Å². The van der Waals surface area contributed by atoms with Gasteiger partial charge in [-0.1, -0.05) is 48.5 Å². The number of hydrogen-bond acceptors (Lipinski definition) is 4. The largest absolute Gasteiger partial charge is 0.398 e. The highest BCUT2D eigenvalue weighted by Crippen LogP contribution is 2.35. The van der Waals surface area contributed by atoms with Crippen LogP contribution >= 0.6 is 11.6 Å². The van der Waals surface area contributed by atoms with E-state index >= 15 is 0 Å². The fraction of sp³-hybridized carbons (Fsp3) is 0.467. The first-order valence-electron chi connectivity index (χ1n) is 7.13. The van der Waals surface area contributed by atoms with Gasteiger partial charge in [-0.3, -0.25) is 0 Å². The van der Waals surface area contributed by atoms with Crippen LogP contribution in [0.15, 0.2) is 22.7 Å². The van der Waals surface area contributed by atoms with Crippen molar-refractivity contribution in [3.63, 3.8) is 0 Å². The Bertz CT molecular complexity index is 568. The molecule has 2 aromatic rings. The Morgan fingerprint density at radius 1 is 1.15 bits per heavy atom. The predicted molar refractivity (Wildman–Crippen MR) is 79.6 cm³/mol. The molecule has 0 spiro atoms. The number of aromatic nitrogens is 2. The van der Waals surface area contributed by atoms with Crippen molar-refractivity contribution < 1.29 is 4.52 Å². The van der Waals surface area contributed by atoms with Gasteiger partial charge < -0.3 is 10.3 Å². The summed E-state index contributed by atoms with van der Waals surface area (Å²) < 4.78 is 5.38. The van der Waals surface area contributed by atoms with Crippen LogP contribution in [0.1, 0.15) is 50.3 Å². The molecular weight excluding hydrogens is 274 g/mol. The van der Waals surface area contributed by atoms with E-state index < -0.39 is 0 Å². The molecular formula is C15H18ClN3O. The van der Waals surface area contributed by atoms with Gasteiger partial charge in [0.05, 0.1) is 10.6 Å². The Morgan fingerprint density at radius 2 is 1.90 bits per heavy atom. The summed E-state index contributed by atoms with van der Waals surface area (Å²) in [6.07, 6.45) is 7.36. The molecule has 0 bridgehead atoms. The van der Waals surface area contributed by atoms with Crippen LogP contribution in [0.2, 0.25) is 5.02 Å². The average Bonchev–Trinajstić information content (AvgIpc) is 2.74. The predicted octanol–water partition coefficient (Wildman–Crippen LogP) is 4.41. The average molecular weight is 292 g/mol. The van der Waals surface area contributed by atoms with Crippen molar-refractivity contribution in [1.29, 1.82) is 0 Å². The zero-order valence-corrected chi connectivity index (χ0v) is 12.1. The van der Waals surface area contributed by atoms with Crippen molar-refractivity contribution >= 4 is 17.3 Å². The zero-order chi connectivity index (χ0) is 13.9. The first-order chi connectivity index (χ1) is 9.75. The van der Waals surface area contributed by atoms with E-state index in [9.17, 15) is 0 Å². The summed E-state index contributed by atoms with van der Waals surface area (Å²) in [6.45, 7) is 0. The molecule has 0 unspecified atom stereocenters. The third kappa shape index (κ3) is 2.66.